The van der Waals surface area contributed by atoms with E-state index in [1.54, 1.807) is 0 Å². The topological polar surface area (TPSA) is 84.9 Å². The standard InChI is InChI=1S/C14H18N2O5/c17-11(7-16-12(18)1-2-13(16)19)15-14-6-8-3-9(20-14)5-10(4-8)21-14/h8-10H,1-7H2,(H,15,17)/t8-,9+,10-,14-. The monoisotopic (exact) mass is 294 g/mol. The maximum atomic E-state index is 12.2. The Morgan fingerprint density at radius 1 is 1.14 bits per heavy atom. The molecule has 1 saturated carbocycles. The van der Waals surface area contributed by atoms with Gasteiger partial charge in [-0.25, -0.2) is 0 Å². The summed E-state index contributed by atoms with van der Waals surface area (Å²) in [5, 5.41) is 2.76. The van der Waals surface area contributed by atoms with Crippen molar-refractivity contribution in [2.24, 2.45) is 5.92 Å². The largest absolute Gasteiger partial charge is 0.329 e. The van der Waals surface area contributed by atoms with Crippen LogP contribution in [0.3, 0.4) is 0 Å². The van der Waals surface area contributed by atoms with Crippen LogP contribution < -0.4 is 5.32 Å². The van der Waals surface area contributed by atoms with E-state index in [1.807, 2.05) is 0 Å². The number of ether oxygens (including phenoxy) is 2. The third kappa shape index (κ3) is 2.24. The maximum absolute atomic E-state index is 12.2. The zero-order valence-electron chi connectivity index (χ0n) is 11.7. The van der Waals surface area contributed by atoms with Gasteiger partial charge in [0, 0.05) is 25.7 Å². The van der Waals surface area contributed by atoms with Crippen LogP contribution in [0, 0.1) is 5.92 Å². The first-order chi connectivity index (χ1) is 10.0. The summed E-state index contributed by atoms with van der Waals surface area (Å²) >= 11 is 0. The zero-order chi connectivity index (χ0) is 14.6. The number of rotatable bonds is 3. The molecule has 21 heavy (non-hydrogen) atoms. The Labute approximate surface area is 121 Å². The number of hydrogen-bond donors (Lipinski definition) is 1. The molecule has 4 atom stereocenters. The molecule has 7 nitrogen and oxygen atoms in total. The molecule has 0 radical (unpaired) electrons. The molecule has 5 rings (SSSR count). The van der Waals surface area contributed by atoms with Crippen molar-refractivity contribution in [3.8, 4) is 0 Å². The number of amides is 3. The Hall–Kier alpha value is -1.47. The average molecular weight is 294 g/mol. The molecule has 114 valence electrons. The van der Waals surface area contributed by atoms with Gasteiger partial charge in [0.05, 0.1) is 12.2 Å². The van der Waals surface area contributed by atoms with E-state index in [0.29, 0.717) is 12.3 Å². The predicted octanol–water partition coefficient (Wildman–Crippen LogP) is -0.107. The quantitative estimate of drug-likeness (QED) is 0.734. The van der Waals surface area contributed by atoms with Crippen molar-refractivity contribution in [2.45, 2.75) is 56.6 Å². The summed E-state index contributed by atoms with van der Waals surface area (Å²) in [5.74, 6) is -1.50. The fourth-order valence-corrected chi connectivity index (χ4v) is 4.03. The van der Waals surface area contributed by atoms with Gasteiger partial charge in [-0.15, -0.1) is 0 Å². The minimum absolute atomic E-state index is 0.145. The molecule has 0 aromatic heterocycles. The van der Waals surface area contributed by atoms with E-state index in [-0.39, 0.29) is 43.4 Å². The van der Waals surface area contributed by atoms with E-state index < -0.39 is 11.8 Å². The molecular formula is C14H18N2O5. The van der Waals surface area contributed by atoms with Crippen molar-refractivity contribution in [1.82, 2.24) is 10.2 Å². The highest BCUT2D eigenvalue weighted by Crippen LogP contribution is 2.47. The van der Waals surface area contributed by atoms with Crippen LogP contribution in [-0.2, 0) is 23.9 Å². The fraction of sp³-hybridized carbons (Fsp3) is 0.786. The van der Waals surface area contributed by atoms with E-state index in [2.05, 4.69) is 5.32 Å². The van der Waals surface area contributed by atoms with Gasteiger partial charge in [0.1, 0.15) is 6.54 Å². The van der Waals surface area contributed by atoms with Crippen LogP contribution in [0.5, 0.6) is 0 Å². The van der Waals surface area contributed by atoms with Crippen LogP contribution >= 0.6 is 0 Å². The second kappa shape index (κ2) is 4.51. The minimum atomic E-state index is -1.04. The number of carbonyl (C=O) groups is 3. The molecule has 0 aromatic carbocycles. The SMILES string of the molecule is O=C(CN1C(=O)CCC1=O)N[C@]12C[C@H]3C[C@H](C[C@H](C3)O1)O2. The number of likely N-dealkylation sites (tertiary alicyclic amines) is 1. The second-order valence-electron chi connectivity index (χ2n) is 6.43. The van der Waals surface area contributed by atoms with Crippen LogP contribution in [-0.4, -0.2) is 47.3 Å². The highest BCUT2D eigenvalue weighted by molar-refractivity contribution is 6.04. The van der Waals surface area contributed by atoms with Crippen molar-refractivity contribution in [3.63, 3.8) is 0 Å². The summed E-state index contributed by atoms with van der Waals surface area (Å²) in [6, 6.07) is 0. The lowest BCUT2D eigenvalue weighted by Gasteiger charge is -2.55. The molecule has 4 heterocycles. The summed E-state index contributed by atoms with van der Waals surface area (Å²) in [5.41, 5.74) is 0. The number of hydrogen-bond acceptors (Lipinski definition) is 5. The molecule has 0 spiro atoms. The highest BCUT2D eigenvalue weighted by atomic mass is 16.7. The number of imide groups is 1. The number of nitrogens with one attached hydrogen (secondary N) is 1. The van der Waals surface area contributed by atoms with Crippen molar-refractivity contribution < 1.29 is 23.9 Å². The first-order valence-corrected chi connectivity index (χ1v) is 7.53. The maximum Gasteiger partial charge on any atom is 0.252 e. The third-order valence-corrected chi connectivity index (χ3v) is 4.78. The Morgan fingerprint density at radius 3 is 2.33 bits per heavy atom. The van der Waals surface area contributed by atoms with Crippen molar-refractivity contribution in [3.05, 3.63) is 0 Å². The van der Waals surface area contributed by atoms with Gasteiger partial charge < -0.3 is 14.8 Å². The molecule has 5 aliphatic rings. The third-order valence-electron chi connectivity index (χ3n) is 4.78. The van der Waals surface area contributed by atoms with Gasteiger partial charge in [0.2, 0.25) is 17.7 Å². The summed E-state index contributed by atoms with van der Waals surface area (Å²) < 4.78 is 11.7. The van der Waals surface area contributed by atoms with E-state index >= 15 is 0 Å². The molecule has 3 amide bonds. The number of carbonyl (C=O) groups excluding carboxylic acids is 3. The van der Waals surface area contributed by atoms with Crippen LogP contribution in [0.2, 0.25) is 0 Å². The normalized spacial score (nSPS) is 41.0. The Balaban J connectivity index is 1.42. The van der Waals surface area contributed by atoms with Gasteiger partial charge in [0.15, 0.2) is 0 Å². The predicted molar refractivity (Wildman–Crippen MR) is 68.5 cm³/mol. The Kier molecular flexibility index (Phi) is 2.84. The van der Waals surface area contributed by atoms with Gasteiger partial charge in [-0.2, -0.15) is 0 Å². The Morgan fingerprint density at radius 2 is 1.76 bits per heavy atom. The summed E-state index contributed by atoms with van der Waals surface area (Å²) in [4.78, 5) is 36.3. The molecule has 4 saturated heterocycles. The first-order valence-electron chi connectivity index (χ1n) is 7.53. The average Bonchev–Trinajstić information content (AvgIpc) is 2.68. The molecule has 1 aliphatic carbocycles. The van der Waals surface area contributed by atoms with E-state index in [9.17, 15) is 14.4 Å². The molecule has 0 aromatic rings. The van der Waals surface area contributed by atoms with Crippen LogP contribution in [0.4, 0.5) is 0 Å². The molecule has 0 unspecified atom stereocenters. The lowest BCUT2D eigenvalue weighted by molar-refractivity contribution is -0.379. The molecule has 1 N–H and O–H groups in total. The summed E-state index contributed by atoms with van der Waals surface area (Å²) in [6.45, 7) is -0.244. The smallest absolute Gasteiger partial charge is 0.252 e. The molecule has 7 heteroatoms. The first kappa shape index (κ1) is 13.2. The molecule has 4 aliphatic heterocycles. The Bertz CT molecular complexity index is 466. The minimum Gasteiger partial charge on any atom is -0.329 e. The van der Waals surface area contributed by atoms with Crippen LogP contribution in [0.25, 0.3) is 0 Å². The summed E-state index contributed by atoms with van der Waals surface area (Å²) in [6.07, 6.45) is 4.26. The van der Waals surface area contributed by atoms with Crippen LogP contribution in [0.1, 0.15) is 38.5 Å². The molecule has 4 bridgehead atoms. The zero-order valence-corrected chi connectivity index (χ0v) is 11.7. The number of nitrogens with zero attached hydrogens (tertiary/aromatic N) is 1. The fourth-order valence-electron chi connectivity index (χ4n) is 4.03. The van der Waals surface area contributed by atoms with E-state index in [1.165, 1.54) is 0 Å². The van der Waals surface area contributed by atoms with Gasteiger partial charge in [-0.3, -0.25) is 19.3 Å². The van der Waals surface area contributed by atoms with Gasteiger partial charge in [-0.1, -0.05) is 0 Å². The van der Waals surface area contributed by atoms with E-state index in [4.69, 9.17) is 9.47 Å². The van der Waals surface area contributed by atoms with Crippen molar-refractivity contribution >= 4 is 17.7 Å². The van der Waals surface area contributed by atoms with Crippen LogP contribution in [0.15, 0.2) is 0 Å². The van der Waals surface area contributed by atoms with E-state index in [0.717, 1.165) is 24.2 Å². The lowest BCUT2D eigenvalue weighted by atomic mass is 9.77. The highest BCUT2D eigenvalue weighted by Gasteiger charge is 2.54. The lowest BCUT2D eigenvalue weighted by Crippen LogP contribution is -2.66. The molecular weight excluding hydrogens is 276 g/mol. The molecule has 5 fully saturated rings. The van der Waals surface area contributed by atoms with Crippen molar-refractivity contribution in [2.75, 3.05) is 6.54 Å². The summed E-state index contributed by atoms with van der Waals surface area (Å²) in [7, 11) is 0. The van der Waals surface area contributed by atoms with Gasteiger partial charge >= 0.3 is 0 Å². The second-order valence-corrected chi connectivity index (χ2v) is 6.43. The van der Waals surface area contributed by atoms with Crippen molar-refractivity contribution in [1.29, 1.82) is 0 Å². The van der Waals surface area contributed by atoms with Gasteiger partial charge in [-0.05, 0) is 18.8 Å². The van der Waals surface area contributed by atoms with Gasteiger partial charge in [0.25, 0.3) is 5.91 Å².